The fraction of sp³-hybridized carbons (Fsp3) is 0.556. The molecular weight excluding hydrogens is 272 g/mol. The minimum atomic E-state index is 0.278. The Morgan fingerprint density at radius 2 is 1.73 bits per heavy atom. The van der Waals surface area contributed by atoms with Crippen molar-refractivity contribution in [2.45, 2.75) is 43.9 Å². The third kappa shape index (κ3) is 1.82. The van der Waals surface area contributed by atoms with E-state index < -0.39 is 0 Å². The van der Waals surface area contributed by atoms with E-state index in [1.165, 1.54) is 38.5 Å². The topological polar surface area (TPSA) is 67.6 Å². The van der Waals surface area contributed by atoms with Gasteiger partial charge in [0.25, 0.3) is 0 Å². The maximum Gasteiger partial charge on any atom is 0.181 e. The summed E-state index contributed by atoms with van der Waals surface area (Å²) < 4.78 is 0. The maximum atomic E-state index is 5.88. The van der Waals surface area contributed by atoms with Gasteiger partial charge in [-0.25, -0.2) is 4.98 Å². The second-order valence-electron chi connectivity index (χ2n) is 7.83. The lowest BCUT2D eigenvalue weighted by Gasteiger charge is -2.55. The number of rotatable bonds is 2. The Kier molecular flexibility index (Phi) is 2.50. The molecule has 4 aliphatic rings. The van der Waals surface area contributed by atoms with Crippen LogP contribution in [0.25, 0.3) is 11.4 Å². The van der Waals surface area contributed by atoms with Crippen molar-refractivity contribution >= 4 is 5.69 Å². The summed E-state index contributed by atoms with van der Waals surface area (Å²) in [6, 6.07) is 7.84. The Morgan fingerprint density at radius 3 is 2.36 bits per heavy atom. The minimum absolute atomic E-state index is 0.278. The molecule has 2 aromatic rings. The molecule has 22 heavy (non-hydrogen) atoms. The lowest BCUT2D eigenvalue weighted by atomic mass is 9.49. The van der Waals surface area contributed by atoms with Gasteiger partial charge in [0.05, 0.1) is 0 Å². The largest absolute Gasteiger partial charge is 0.399 e. The summed E-state index contributed by atoms with van der Waals surface area (Å²) in [6.45, 7) is 0. The van der Waals surface area contributed by atoms with Gasteiger partial charge in [0.1, 0.15) is 5.82 Å². The Hall–Kier alpha value is -1.84. The number of hydrogen-bond acceptors (Lipinski definition) is 3. The number of aromatic nitrogens is 3. The van der Waals surface area contributed by atoms with Crippen molar-refractivity contribution < 1.29 is 0 Å². The van der Waals surface area contributed by atoms with E-state index in [9.17, 15) is 0 Å². The molecule has 3 N–H and O–H groups in total. The van der Waals surface area contributed by atoms with Crippen LogP contribution in [-0.2, 0) is 5.41 Å². The van der Waals surface area contributed by atoms with Gasteiger partial charge >= 0.3 is 0 Å². The van der Waals surface area contributed by atoms with Gasteiger partial charge in [-0.2, -0.15) is 5.10 Å². The van der Waals surface area contributed by atoms with Crippen LogP contribution in [0.2, 0.25) is 0 Å². The zero-order valence-corrected chi connectivity index (χ0v) is 12.8. The molecule has 4 heteroatoms. The Balaban J connectivity index is 1.52. The molecule has 4 bridgehead atoms. The molecule has 0 atom stereocenters. The van der Waals surface area contributed by atoms with Crippen molar-refractivity contribution in [3.63, 3.8) is 0 Å². The standard InChI is InChI=1S/C18H22N4/c19-15-3-1-2-14(7-15)16-20-17(22-21-16)18-8-11-4-12(9-18)6-13(5-11)10-18/h1-3,7,11-13H,4-6,8-10,19H2,(H,20,21,22). The Labute approximate surface area is 130 Å². The Bertz CT molecular complexity index is 682. The highest BCUT2D eigenvalue weighted by molar-refractivity contribution is 5.60. The van der Waals surface area contributed by atoms with Crippen molar-refractivity contribution in [2.75, 3.05) is 5.73 Å². The Morgan fingerprint density at radius 1 is 1.05 bits per heavy atom. The molecule has 4 aliphatic carbocycles. The van der Waals surface area contributed by atoms with E-state index in [0.717, 1.165) is 40.7 Å². The second-order valence-corrected chi connectivity index (χ2v) is 7.83. The number of nitrogens with two attached hydrogens (primary N) is 1. The molecule has 0 spiro atoms. The van der Waals surface area contributed by atoms with Gasteiger partial charge < -0.3 is 5.73 Å². The summed E-state index contributed by atoms with van der Waals surface area (Å²) in [5.74, 6) is 4.69. The van der Waals surface area contributed by atoms with Gasteiger partial charge in [0.15, 0.2) is 5.82 Å². The predicted octanol–water partition coefficient (Wildman–Crippen LogP) is 3.52. The van der Waals surface area contributed by atoms with Crippen LogP contribution in [0, 0.1) is 17.8 Å². The summed E-state index contributed by atoms with van der Waals surface area (Å²) in [5, 5.41) is 7.77. The first-order chi connectivity index (χ1) is 10.7. The minimum Gasteiger partial charge on any atom is -0.399 e. The number of hydrogen-bond donors (Lipinski definition) is 2. The fourth-order valence-corrected chi connectivity index (χ4v) is 5.71. The number of aromatic amines is 1. The monoisotopic (exact) mass is 294 g/mol. The molecule has 0 saturated heterocycles. The molecule has 0 unspecified atom stereocenters. The predicted molar refractivity (Wildman–Crippen MR) is 86.1 cm³/mol. The van der Waals surface area contributed by atoms with Crippen molar-refractivity contribution in [1.29, 1.82) is 0 Å². The molecule has 0 radical (unpaired) electrons. The van der Waals surface area contributed by atoms with Crippen LogP contribution in [0.4, 0.5) is 5.69 Å². The van der Waals surface area contributed by atoms with Gasteiger partial charge in [0.2, 0.25) is 0 Å². The molecule has 4 fully saturated rings. The zero-order valence-electron chi connectivity index (χ0n) is 12.8. The van der Waals surface area contributed by atoms with E-state index in [0.29, 0.717) is 0 Å². The SMILES string of the molecule is Nc1cccc(-c2n[nH]c(C34CC5CC(CC(C5)C3)C4)n2)c1. The number of H-pyrrole nitrogens is 1. The molecule has 1 aromatic carbocycles. The molecule has 4 saturated carbocycles. The van der Waals surface area contributed by atoms with Crippen LogP contribution in [-0.4, -0.2) is 15.2 Å². The lowest BCUT2D eigenvalue weighted by molar-refractivity contribution is -0.00920. The van der Waals surface area contributed by atoms with Crippen molar-refractivity contribution in [1.82, 2.24) is 15.2 Å². The van der Waals surface area contributed by atoms with E-state index in [1.54, 1.807) is 0 Å². The number of nitrogen functional groups attached to an aromatic ring is 1. The third-order valence-corrected chi connectivity index (χ3v) is 6.17. The van der Waals surface area contributed by atoms with Crippen LogP contribution in [0.3, 0.4) is 0 Å². The smallest absolute Gasteiger partial charge is 0.181 e. The van der Waals surface area contributed by atoms with E-state index >= 15 is 0 Å². The van der Waals surface area contributed by atoms with E-state index in [1.807, 2.05) is 24.3 Å². The van der Waals surface area contributed by atoms with Crippen LogP contribution < -0.4 is 5.73 Å². The van der Waals surface area contributed by atoms with Gasteiger partial charge in [-0.3, -0.25) is 5.10 Å². The average Bonchev–Trinajstić information content (AvgIpc) is 2.96. The van der Waals surface area contributed by atoms with Crippen LogP contribution >= 0.6 is 0 Å². The summed E-state index contributed by atoms with van der Waals surface area (Å²) >= 11 is 0. The first-order valence-corrected chi connectivity index (χ1v) is 8.49. The van der Waals surface area contributed by atoms with Gasteiger partial charge in [0, 0.05) is 16.7 Å². The summed E-state index contributed by atoms with van der Waals surface area (Å²) in [7, 11) is 0. The van der Waals surface area contributed by atoms with Crippen molar-refractivity contribution in [3.05, 3.63) is 30.1 Å². The maximum absolute atomic E-state index is 5.88. The van der Waals surface area contributed by atoms with Crippen LogP contribution in [0.5, 0.6) is 0 Å². The zero-order chi connectivity index (χ0) is 14.7. The number of nitrogens with one attached hydrogen (secondary N) is 1. The van der Waals surface area contributed by atoms with Crippen molar-refractivity contribution in [2.24, 2.45) is 17.8 Å². The highest BCUT2D eigenvalue weighted by atomic mass is 15.2. The second kappa shape index (κ2) is 4.34. The molecule has 1 heterocycles. The lowest BCUT2D eigenvalue weighted by Crippen LogP contribution is -2.49. The van der Waals surface area contributed by atoms with Crippen molar-refractivity contribution in [3.8, 4) is 11.4 Å². The molecule has 0 aliphatic heterocycles. The molecular formula is C18H22N4. The number of benzene rings is 1. The first-order valence-electron chi connectivity index (χ1n) is 8.49. The average molecular weight is 294 g/mol. The van der Waals surface area contributed by atoms with E-state index in [-0.39, 0.29) is 5.41 Å². The molecule has 4 nitrogen and oxygen atoms in total. The van der Waals surface area contributed by atoms with Crippen LogP contribution in [0.15, 0.2) is 24.3 Å². The number of nitrogens with zero attached hydrogens (tertiary/aromatic N) is 2. The number of anilines is 1. The third-order valence-electron chi connectivity index (χ3n) is 6.17. The molecule has 114 valence electrons. The van der Waals surface area contributed by atoms with E-state index in [2.05, 4.69) is 10.2 Å². The molecule has 6 rings (SSSR count). The van der Waals surface area contributed by atoms with Gasteiger partial charge in [-0.1, -0.05) is 12.1 Å². The highest BCUT2D eigenvalue weighted by Gasteiger charge is 2.53. The quantitative estimate of drug-likeness (QED) is 0.833. The summed E-state index contributed by atoms with van der Waals surface area (Å²) in [6.07, 6.45) is 8.29. The molecule has 0 amide bonds. The van der Waals surface area contributed by atoms with E-state index in [4.69, 9.17) is 10.7 Å². The summed E-state index contributed by atoms with van der Waals surface area (Å²) in [4.78, 5) is 4.89. The fourth-order valence-electron chi connectivity index (χ4n) is 5.71. The normalized spacial score (nSPS) is 35.9. The van der Waals surface area contributed by atoms with Gasteiger partial charge in [-0.05, 0) is 68.4 Å². The first kappa shape index (κ1) is 12.7. The van der Waals surface area contributed by atoms with Crippen LogP contribution in [0.1, 0.15) is 44.3 Å². The summed E-state index contributed by atoms with van der Waals surface area (Å²) in [5.41, 5.74) is 7.93. The highest BCUT2D eigenvalue weighted by Crippen LogP contribution is 2.60. The van der Waals surface area contributed by atoms with Gasteiger partial charge in [-0.15, -0.1) is 0 Å². The molecule has 1 aromatic heterocycles.